The first-order chi connectivity index (χ1) is 24.2. The van der Waals surface area contributed by atoms with E-state index >= 15 is 0 Å². The van der Waals surface area contributed by atoms with Crippen LogP contribution in [-0.2, 0) is 16.9 Å². The number of benzene rings is 2. The van der Waals surface area contributed by atoms with Crippen molar-refractivity contribution in [2.75, 3.05) is 43.6 Å². The first-order valence-corrected chi connectivity index (χ1v) is 18.2. The zero-order valence-electron chi connectivity index (χ0n) is 28.9. The lowest BCUT2D eigenvalue weighted by Gasteiger charge is -2.36. The number of carbonyl (C=O) groups excluding carboxylic acids is 2. The number of hydrogen-bond donors (Lipinski definition) is 3. The maximum absolute atomic E-state index is 14.0. The molecule has 7 rings (SSSR count). The van der Waals surface area contributed by atoms with Gasteiger partial charge in [0.2, 0.25) is 0 Å². The average molecular weight is 693 g/mol. The monoisotopic (exact) mass is 692 g/mol. The summed E-state index contributed by atoms with van der Waals surface area (Å²) >= 11 is 1.41. The van der Waals surface area contributed by atoms with Gasteiger partial charge in [0.15, 0.2) is 22.4 Å². The Kier molecular flexibility index (Phi) is 9.63. The fourth-order valence-electron chi connectivity index (χ4n) is 7.25. The summed E-state index contributed by atoms with van der Waals surface area (Å²) < 4.78 is 1.87. The van der Waals surface area contributed by atoms with Crippen molar-refractivity contribution in [2.45, 2.75) is 70.0 Å². The van der Waals surface area contributed by atoms with Crippen LogP contribution in [0.25, 0.3) is 22.6 Å². The van der Waals surface area contributed by atoms with Gasteiger partial charge in [0.25, 0.3) is 11.8 Å². The molecule has 0 atom stereocenters. The molecular formula is C37H44N10O2S. The molecule has 2 fully saturated rings. The second kappa shape index (κ2) is 14.3. The number of nitrogens with two attached hydrogens (primary N) is 1. The van der Waals surface area contributed by atoms with Crippen molar-refractivity contribution in [3.8, 4) is 11.4 Å². The smallest absolute Gasteiger partial charge is 0.255 e. The number of likely N-dealkylation sites (tertiary alicyclic amines) is 1. The van der Waals surface area contributed by atoms with Crippen LogP contribution in [0.5, 0.6) is 0 Å². The highest BCUT2D eigenvalue weighted by Gasteiger charge is 2.43. The molecule has 50 heavy (non-hydrogen) atoms. The van der Waals surface area contributed by atoms with Gasteiger partial charge in [-0.2, -0.15) is 0 Å². The lowest BCUT2D eigenvalue weighted by Crippen LogP contribution is -2.46. The molecule has 2 aromatic carbocycles. The summed E-state index contributed by atoms with van der Waals surface area (Å²) in [5.41, 5.74) is 10.4. The molecule has 4 heterocycles. The first kappa shape index (κ1) is 33.8. The lowest BCUT2D eigenvalue weighted by molar-refractivity contribution is -0.126. The molecule has 2 amide bonds. The van der Waals surface area contributed by atoms with Crippen molar-refractivity contribution < 1.29 is 9.59 Å². The van der Waals surface area contributed by atoms with E-state index in [-0.39, 0.29) is 17.6 Å². The Bertz CT molecular complexity index is 1990. The molecule has 1 aliphatic heterocycles. The largest absolute Gasteiger partial charge is 0.382 e. The Balaban J connectivity index is 1.09. The van der Waals surface area contributed by atoms with E-state index in [9.17, 15) is 9.59 Å². The summed E-state index contributed by atoms with van der Waals surface area (Å²) in [7, 11) is 4.32. The molecule has 1 saturated heterocycles. The van der Waals surface area contributed by atoms with E-state index in [4.69, 9.17) is 10.7 Å². The maximum Gasteiger partial charge on any atom is 0.255 e. The number of thiazole rings is 1. The number of anilines is 3. The molecular weight excluding hydrogens is 649 g/mol. The number of amides is 2. The molecule has 1 aliphatic carbocycles. The molecule has 0 bridgehead atoms. The minimum absolute atomic E-state index is 0.138. The van der Waals surface area contributed by atoms with Crippen LogP contribution in [0.3, 0.4) is 0 Å². The molecule has 0 radical (unpaired) electrons. The maximum atomic E-state index is 14.0. The number of imidazole rings is 1. The minimum Gasteiger partial charge on any atom is -0.382 e. The quantitative estimate of drug-likeness (QED) is 0.171. The number of fused-ring (bicyclic) bond motifs is 1. The number of aryl methyl sites for hydroxylation is 1. The molecule has 13 heteroatoms. The molecule has 1 saturated carbocycles. The summed E-state index contributed by atoms with van der Waals surface area (Å²) in [6.45, 7) is 4.98. The third-order valence-corrected chi connectivity index (χ3v) is 11.0. The van der Waals surface area contributed by atoms with Gasteiger partial charge in [-0.3, -0.25) is 24.4 Å². The summed E-state index contributed by atoms with van der Waals surface area (Å²) in [5.74, 6) is 0.190. The van der Waals surface area contributed by atoms with Crippen molar-refractivity contribution in [2.24, 2.45) is 0 Å². The van der Waals surface area contributed by atoms with Gasteiger partial charge >= 0.3 is 0 Å². The van der Waals surface area contributed by atoms with E-state index in [2.05, 4.69) is 61.6 Å². The van der Waals surface area contributed by atoms with Crippen LogP contribution in [0.15, 0.2) is 60.2 Å². The highest BCUT2D eigenvalue weighted by molar-refractivity contribution is 7.13. The molecule has 0 unspecified atom stereocenters. The van der Waals surface area contributed by atoms with Crippen molar-refractivity contribution in [1.82, 2.24) is 34.3 Å². The number of rotatable bonds is 9. The number of nitrogens with zero attached hydrogens (tertiary/aromatic N) is 7. The normalized spacial score (nSPS) is 16.9. The topological polar surface area (TPSA) is 147 Å². The second-order valence-corrected chi connectivity index (χ2v) is 14.6. The predicted octanol–water partition coefficient (Wildman–Crippen LogP) is 5.92. The van der Waals surface area contributed by atoms with Gasteiger partial charge in [-0.25, -0.2) is 19.9 Å². The van der Waals surface area contributed by atoms with Crippen molar-refractivity contribution in [3.05, 3.63) is 77.1 Å². The highest BCUT2D eigenvalue weighted by Crippen LogP contribution is 2.39. The van der Waals surface area contributed by atoms with Gasteiger partial charge in [-0.15, -0.1) is 11.3 Å². The van der Waals surface area contributed by atoms with Crippen molar-refractivity contribution >= 4 is 51.0 Å². The summed E-state index contributed by atoms with van der Waals surface area (Å²) in [4.78, 5) is 50.7. The van der Waals surface area contributed by atoms with Crippen molar-refractivity contribution in [3.63, 3.8) is 0 Å². The Labute approximate surface area is 296 Å². The van der Waals surface area contributed by atoms with Crippen LogP contribution in [0, 0.1) is 6.92 Å². The van der Waals surface area contributed by atoms with E-state index in [1.807, 2.05) is 35.1 Å². The van der Waals surface area contributed by atoms with Gasteiger partial charge in [-0.05, 0) is 89.6 Å². The standard InChI is InChI=1S/C37H44N10O2S/c1-24-22-50-36(40-24)44-35(49)37(16-5-4-6-17-37)47-23-39-30-31(38)42-32(43-33(30)47)26-8-7-9-27(20-26)34(48)41-28-12-10-25(11-13-28)21-46-18-14-29(15-19-46)45(2)3/h7-13,20,22-23,29H,4-6,14-19,21H2,1-3H3,(H,41,48)(H2,38,42,43)(H,40,44,49). The van der Waals surface area contributed by atoms with E-state index in [0.29, 0.717) is 52.1 Å². The molecule has 3 aromatic heterocycles. The van der Waals surface area contributed by atoms with E-state index < -0.39 is 5.54 Å². The first-order valence-electron chi connectivity index (χ1n) is 17.3. The molecule has 12 nitrogen and oxygen atoms in total. The van der Waals surface area contributed by atoms with Crippen LogP contribution in [0.1, 0.15) is 66.6 Å². The van der Waals surface area contributed by atoms with Gasteiger partial charge in [0, 0.05) is 34.8 Å². The summed E-state index contributed by atoms with van der Waals surface area (Å²) in [6, 6.07) is 15.9. The third kappa shape index (κ3) is 6.98. The molecule has 0 spiro atoms. The number of carbonyl (C=O) groups is 2. The Hall–Kier alpha value is -4.72. The zero-order valence-corrected chi connectivity index (χ0v) is 29.7. The Morgan fingerprint density at radius 1 is 1.00 bits per heavy atom. The Morgan fingerprint density at radius 3 is 2.46 bits per heavy atom. The van der Waals surface area contributed by atoms with Crippen LogP contribution in [-0.4, -0.2) is 79.3 Å². The van der Waals surface area contributed by atoms with E-state index in [1.54, 1.807) is 24.5 Å². The number of nitrogen functional groups attached to an aromatic ring is 1. The highest BCUT2D eigenvalue weighted by atomic mass is 32.1. The molecule has 4 N–H and O–H groups in total. The van der Waals surface area contributed by atoms with Gasteiger partial charge < -0.3 is 16.0 Å². The van der Waals surface area contributed by atoms with Gasteiger partial charge in [0.05, 0.1) is 12.0 Å². The van der Waals surface area contributed by atoms with Crippen LogP contribution >= 0.6 is 11.3 Å². The number of hydrogen-bond acceptors (Lipinski definition) is 10. The number of piperidine rings is 1. The zero-order chi connectivity index (χ0) is 34.8. The fourth-order valence-corrected chi connectivity index (χ4v) is 7.93. The minimum atomic E-state index is -0.898. The van der Waals surface area contributed by atoms with Gasteiger partial charge in [-0.1, -0.05) is 43.5 Å². The number of aromatic nitrogens is 5. The molecule has 5 aromatic rings. The van der Waals surface area contributed by atoms with Gasteiger partial charge in [0.1, 0.15) is 11.1 Å². The van der Waals surface area contributed by atoms with E-state index in [0.717, 1.165) is 50.3 Å². The Morgan fingerprint density at radius 2 is 1.76 bits per heavy atom. The fraction of sp³-hybridized carbons (Fsp3) is 0.405. The van der Waals surface area contributed by atoms with Crippen LogP contribution in [0.2, 0.25) is 0 Å². The van der Waals surface area contributed by atoms with Crippen molar-refractivity contribution in [1.29, 1.82) is 0 Å². The SMILES string of the molecule is Cc1csc(NC(=O)C2(n3cnc4c(N)nc(-c5cccc(C(=O)Nc6ccc(CN7CCC(N(C)C)CC7)cc6)c5)nc43)CCCCC2)n1. The lowest BCUT2D eigenvalue weighted by atomic mass is 9.80. The molecule has 260 valence electrons. The van der Waals surface area contributed by atoms with Crippen LogP contribution in [0.4, 0.5) is 16.6 Å². The van der Waals surface area contributed by atoms with E-state index in [1.165, 1.54) is 29.7 Å². The average Bonchev–Trinajstić information content (AvgIpc) is 3.76. The third-order valence-electron chi connectivity index (χ3n) is 10.1. The predicted molar refractivity (Wildman–Crippen MR) is 198 cm³/mol. The summed E-state index contributed by atoms with van der Waals surface area (Å²) in [5, 5.41) is 8.56. The van der Waals surface area contributed by atoms with Crippen LogP contribution < -0.4 is 16.4 Å². The molecule has 2 aliphatic rings. The summed E-state index contributed by atoms with van der Waals surface area (Å²) in [6.07, 6.45) is 8.14. The number of nitrogens with one attached hydrogen (secondary N) is 2. The second-order valence-electron chi connectivity index (χ2n) is 13.8.